The summed E-state index contributed by atoms with van der Waals surface area (Å²) >= 11 is 1.29. The average Bonchev–Trinajstić information content (AvgIpc) is 3.03. The number of nitrogens with zero attached hydrogens (tertiary/aromatic N) is 1. The van der Waals surface area contributed by atoms with E-state index in [-0.39, 0.29) is 6.61 Å². The number of aromatic nitrogens is 2. The summed E-state index contributed by atoms with van der Waals surface area (Å²) in [5.41, 5.74) is -0.417. The highest BCUT2D eigenvalue weighted by Gasteiger charge is 2.11. The third-order valence-electron chi connectivity index (χ3n) is 3.33. The number of benzene rings is 1. The molecule has 8 heteroatoms. The maximum atomic E-state index is 12.3. The maximum absolute atomic E-state index is 12.3. The average molecular weight is 334 g/mol. The molecule has 2 aromatic heterocycles. The van der Waals surface area contributed by atoms with Gasteiger partial charge in [0.05, 0.1) is 19.6 Å². The predicted octanol–water partition coefficient (Wildman–Crippen LogP) is 1.40. The zero-order chi connectivity index (χ0) is 16.4. The van der Waals surface area contributed by atoms with Gasteiger partial charge in [-0.1, -0.05) is 4.73 Å². The second kappa shape index (κ2) is 6.17. The fourth-order valence-electron chi connectivity index (χ4n) is 2.15. The molecule has 0 saturated heterocycles. The lowest BCUT2D eigenvalue weighted by Gasteiger charge is -2.11. The van der Waals surface area contributed by atoms with Gasteiger partial charge in [-0.05, 0) is 23.6 Å². The Balaban J connectivity index is 1.92. The Kier molecular flexibility index (Phi) is 4.07. The van der Waals surface area contributed by atoms with Crippen molar-refractivity contribution in [1.82, 2.24) is 9.71 Å². The van der Waals surface area contributed by atoms with E-state index >= 15 is 0 Å². The first-order valence-corrected chi connectivity index (χ1v) is 7.58. The molecule has 0 saturated carbocycles. The lowest BCUT2D eigenvalue weighted by molar-refractivity contribution is 0.0792. The molecule has 0 amide bonds. The van der Waals surface area contributed by atoms with Crippen LogP contribution in [0.3, 0.4) is 0 Å². The Bertz CT molecular complexity index is 956. The fraction of sp³-hybridized carbons (Fsp3) is 0.200. The van der Waals surface area contributed by atoms with Crippen LogP contribution in [-0.2, 0) is 6.61 Å². The summed E-state index contributed by atoms with van der Waals surface area (Å²) in [6.45, 7) is 0.00575. The molecule has 0 aliphatic carbocycles. The molecule has 0 unspecified atom stereocenters. The largest absolute Gasteiger partial charge is 0.497 e. The molecule has 1 aromatic carbocycles. The van der Waals surface area contributed by atoms with E-state index in [2.05, 4.69) is 4.98 Å². The van der Waals surface area contributed by atoms with Crippen molar-refractivity contribution in [2.75, 3.05) is 14.2 Å². The van der Waals surface area contributed by atoms with Crippen molar-refractivity contribution in [3.63, 3.8) is 0 Å². The second-order valence-corrected chi connectivity index (χ2v) is 5.56. The third-order valence-corrected chi connectivity index (χ3v) is 4.16. The van der Waals surface area contributed by atoms with Crippen LogP contribution in [0.4, 0.5) is 0 Å². The zero-order valence-corrected chi connectivity index (χ0v) is 13.3. The first kappa shape index (κ1) is 15.2. The molecule has 0 aliphatic heterocycles. The third kappa shape index (κ3) is 2.80. The number of aromatic amines is 1. The molecule has 3 rings (SSSR count). The number of ether oxygens (including phenoxy) is 2. The van der Waals surface area contributed by atoms with Crippen molar-refractivity contribution in [2.45, 2.75) is 6.61 Å². The SMILES string of the molecule is COc1ccc(COn2c(=O)[nH]c3sccc3c2=O)c(OC)c1. The van der Waals surface area contributed by atoms with Crippen LogP contribution < -0.4 is 25.6 Å². The number of H-pyrrole nitrogens is 1. The number of rotatable bonds is 5. The van der Waals surface area contributed by atoms with Crippen LogP contribution >= 0.6 is 11.3 Å². The highest BCUT2D eigenvalue weighted by molar-refractivity contribution is 7.16. The molecule has 0 radical (unpaired) electrons. The molecule has 120 valence electrons. The Morgan fingerprint density at radius 1 is 1.17 bits per heavy atom. The minimum Gasteiger partial charge on any atom is -0.497 e. The minimum atomic E-state index is -0.613. The fourth-order valence-corrected chi connectivity index (χ4v) is 2.92. The quantitative estimate of drug-likeness (QED) is 0.762. The molecule has 3 aromatic rings. The molecular formula is C15H14N2O5S. The van der Waals surface area contributed by atoms with Gasteiger partial charge in [-0.25, -0.2) is 4.79 Å². The van der Waals surface area contributed by atoms with Gasteiger partial charge in [0.25, 0.3) is 5.56 Å². The number of hydrogen-bond acceptors (Lipinski definition) is 6. The summed E-state index contributed by atoms with van der Waals surface area (Å²) in [6, 6.07) is 6.84. The van der Waals surface area contributed by atoms with Crippen molar-refractivity contribution < 1.29 is 14.3 Å². The summed E-state index contributed by atoms with van der Waals surface area (Å²) in [5, 5.41) is 2.15. The van der Waals surface area contributed by atoms with Crippen molar-refractivity contribution >= 4 is 21.6 Å². The van der Waals surface area contributed by atoms with Crippen LogP contribution in [0.15, 0.2) is 39.2 Å². The molecule has 23 heavy (non-hydrogen) atoms. The first-order chi connectivity index (χ1) is 11.1. The lowest BCUT2D eigenvalue weighted by atomic mass is 10.2. The van der Waals surface area contributed by atoms with Gasteiger partial charge in [0.2, 0.25) is 0 Å². The summed E-state index contributed by atoms with van der Waals surface area (Å²) in [4.78, 5) is 32.8. The lowest BCUT2D eigenvalue weighted by Crippen LogP contribution is -2.39. The predicted molar refractivity (Wildman–Crippen MR) is 86.5 cm³/mol. The molecule has 0 spiro atoms. The van der Waals surface area contributed by atoms with Gasteiger partial charge >= 0.3 is 5.69 Å². The molecule has 0 fully saturated rings. The summed E-state index contributed by atoms with van der Waals surface area (Å²) < 4.78 is 11.1. The van der Waals surface area contributed by atoms with Crippen molar-refractivity contribution in [3.8, 4) is 11.5 Å². The van der Waals surface area contributed by atoms with Crippen LogP contribution in [0, 0.1) is 0 Å². The van der Waals surface area contributed by atoms with Crippen molar-refractivity contribution in [1.29, 1.82) is 0 Å². The van der Waals surface area contributed by atoms with E-state index in [1.54, 1.807) is 36.8 Å². The van der Waals surface area contributed by atoms with Crippen LogP contribution in [-0.4, -0.2) is 23.9 Å². The summed E-state index contributed by atoms with van der Waals surface area (Å²) in [6.07, 6.45) is 0. The van der Waals surface area contributed by atoms with Gasteiger partial charge in [-0.15, -0.1) is 11.3 Å². The standard InChI is InChI=1S/C15H14N2O5S/c1-20-10-4-3-9(12(7-10)21-2)8-22-17-14(18)11-5-6-23-13(11)16-15(17)19/h3-7H,8H2,1-2H3,(H,16,19). The maximum Gasteiger partial charge on any atom is 0.363 e. The van der Waals surface area contributed by atoms with Gasteiger partial charge in [0.1, 0.15) is 22.9 Å². The summed E-state index contributed by atoms with van der Waals surface area (Å²) in [7, 11) is 3.08. The number of thiophene rings is 1. The number of hydrogen-bond donors (Lipinski definition) is 1. The minimum absolute atomic E-state index is 0.00575. The topological polar surface area (TPSA) is 82.5 Å². The summed E-state index contributed by atoms with van der Waals surface area (Å²) in [5.74, 6) is 1.19. The Labute approximate surface area is 134 Å². The smallest absolute Gasteiger partial charge is 0.363 e. The van der Waals surface area contributed by atoms with E-state index in [4.69, 9.17) is 14.3 Å². The number of nitrogens with one attached hydrogen (secondary N) is 1. The van der Waals surface area contributed by atoms with Crippen molar-refractivity contribution in [2.24, 2.45) is 0 Å². The highest BCUT2D eigenvalue weighted by Crippen LogP contribution is 2.24. The monoisotopic (exact) mass is 334 g/mol. The Morgan fingerprint density at radius 2 is 2.00 bits per heavy atom. The van der Waals surface area contributed by atoms with Crippen molar-refractivity contribution in [3.05, 3.63) is 56.0 Å². The van der Waals surface area contributed by atoms with E-state index in [1.165, 1.54) is 18.4 Å². The van der Waals surface area contributed by atoms with E-state index < -0.39 is 11.2 Å². The van der Waals surface area contributed by atoms with E-state index in [0.717, 1.165) is 4.73 Å². The van der Waals surface area contributed by atoms with Gasteiger partial charge in [0, 0.05) is 11.6 Å². The number of fused-ring (bicyclic) bond motifs is 1. The van der Waals surface area contributed by atoms with Gasteiger partial charge < -0.3 is 14.3 Å². The van der Waals surface area contributed by atoms with E-state index in [9.17, 15) is 9.59 Å². The molecular weight excluding hydrogens is 320 g/mol. The normalized spacial score (nSPS) is 10.7. The van der Waals surface area contributed by atoms with Crippen LogP contribution in [0.1, 0.15) is 5.56 Å². The Hall–Kier alpha value is -2.74. The molecule has 0 bridgehead atoms. The van der Waals surface area contributed by atoms with Gasteiger partial charge in [0.15, 0.2) is 0 Å². The molecule has 1 N–H and O–H groups in total. The Morgan fingerprint density at radius 3 is 2.74 bits per heavy atom. The van der Waals surface area contributed by atoms with Crippen LogP contribution in [0.2, 0.25) is 0 Å². The molecule has 2 heterocycles. The van der Waals surface area contributed by atoms with Crippen LogP contribution in [0.25, 0.3) is 10.2 Å². The number of methoxy groups -OCH3 is 2. The molecule has 7 nitrogen and oxygen atoms in total. The van der Waals surface area contributed by atoms with Gasteiger partial charge in [-0.3, -0.25) is 9.78 Å². The van der Waals surface area contributed by atoms with E-state index in [0.29, 0.717) is 27.3 Å². The molecule has 0 aliphatic rings. The zero-order valence-electron chi connectivity index (χ0n) is 12.5. The van der Waals surface area contributed by atoms with Crippen LogP contribution in [0.5, 0.6) is 11.5 Å². The second-order valence-electron chi connectivity index (χ2n) is 4.64. The highest BCUT2D eigenvalue weighted by atomic mass is 32.1. The molecule has 0 atom stereocenters. The van der Waals surface area contributed by atoms with E-state index in [1.807, 2.05) is 0 Å². The van der Waals surface area contributed by atoms with Gasteiger partial charge in [-0.2, -0.15) is 0 Å². The first-order valence-electron chi connectivity index (χ1n) is 6.70.